The van der Waals surface area contributed by atoms with Gasteiger partial charge in [-0.3, -0.25) is 9.59 Å². The molecule has 0 heterocycles. The summed E-state index contributed by atoms with van der Waals surface area (Å²) in [4.78, 5) is 24.5. The Hall–Kier alpha value is -4.08. The van der Waals surface area contributed by atoms with Gasteiger partial charge in [-0.05, 0) is 60.7 Å². The predicted molar refractivity (Wildman–Crippen MR) is 113 cm³/mol. The Balaban J connectivity index is 1.64. The monoisotopic (exact) mass is 462 g/mol. The Labute approximate surface area is 186 Å². The molecule has 0 bridgehead atoms. The highest BCUT2D eigenvalue weighted by atomic mass is 19.4. The van der Waals surface area contributed by atoms with Crippen LogP contribution in [0.3, 0.4) is 0 Å². The van der Waals surface area contributed by atoms with Crippen LogP contribution in [0, 0.1) is 5.82 Å². The molecule has 0 atom stereocenters. The number of carbonyl (C=O) groups excluding carboxylic acids is 2. The van der Waals surface area contributed by atoms with E-state index in [0.29, 0.717) is 5.69 Å². The van der Waals surface area contributed by atoms with Gasteiger partial charge in [0.25, 0.3) is 11.8 Å². The van der Waals surface area contributed by atoms with Crippen molar-refractivity contribution in [3.63, 3.8) is 0 Å². The molecule has 0 unspecified atom stereocenters. The van der Waals surface area contributed by atoms with Gasteiger partial charge in [0, 0.05) is 16.9 Å². The lowest BCUT2D eigenvalue weighted by molar-refractivity contribution is -0.137. The fraction of sp³-hybridized carbons (Fsp3) is 0.130. The van der Waals surface area contributed by atoms with Gasteiger partial charge in [-0.25, -0.2) is 4.39 Å². The average molecular weight is 462 g/mol. The summed E-state index contributed by atoms with van der Waals surface area (Å²) in [5.41, 5.74) is -0.418. The normalized spacial score (nSPS) is 10.9. The lowest BCUT2D eigenvalue weighted by Gasteiger charge is -2.13. The second-order valence-electron chi connectivity index (χ2n) is 6.74. The summed E-state index contributed by atoms with van der Waals surface area (Å²) in [5, 5.41) is 4.93. The first-order valence-corrected chi connectivity index (χ1v) is 9.50. The Morgan fingerprint density at radius 3 is 2.27 bits per heavy atom. The van der Waals surface area contributed by atoms with E-state index in [9.17, 15) is 27.2 Å². The van der Waals surface area contributed by atoms with Crippen LogP contribution in [-0.2, 0) is 11.0 Å². The molecule has 6 nitrogen and oxygen atoms in total. The zero-order valence-corrected chi connectivity index (χ0v) is 17.2. The summed E-state index contributed by atoms with van der Waals surface area (Å²) in [6.07, 6.45) is -4.54. The Morgan fingerprint density at radius 1 is 0.879 bits per heavy atom. The molecule has 0 saturated carbocycles. The van der Waals surface area contributed by atoms with E-state index in [0.717, 1.165) is 12.1 Å². The first-order chi connectivity index (χ1) is 15.7. The van der Waals surface area contributed by atoms with E-state index in [1.54, 1.807) is 0 Å². The molecule has 0 fully saturated rings. The van der Waals surface area contributed by atoms with Gasteiger partial charge in [0.2, 0.25) is 0 Å². The summed E-state index contributed by atoms with van der Waals surface area (Å²) in [6, 6.07) is 13.5. The van der Waals surface area contributed by atoms with Gasteiger partial charge >= 0.3 is 6.18 Å². The highest BCUT2D eigenvalue weighted by molar-refractivity contribution is 6.04. The van der Waals surface area contributed by atoms with Crippen molar-refractivity contribution in [2.45, 2.75) is 6.18 Å². The number of hydrogen-bond donors (Lipinski definition) is 2. The lowest BCUT2D eigenvalue weighted by Crippen LogP contribution is -2.20. The van der Waals surface area contributed by atoms with Gasteiger partial charge in [-0.2, -0.15) is 13.2 Å². The van der Waals surface area contributed by atoms with Crippen LogP contribution in [-0.4, -0.2) is 25.5 Å². The van der Waals surface area contributed by atoms with Crippen molar-refractivity contribution >= 4 is 23.2 Å². The zero-order valence-electron chi connectivity index (χ0n) is 17.2. The number of carbonyl (C=O) groups is 2. The number of methoxy groups -OCH3 is 1. The first-order valence-electron chi connectivity index (χ1n) is 9.50. The van der Waals surface area contributed by atoms with Crippen molar-refractivity contribution in [1.82, 2.24) is 0 Å². The van der Waals surface area contributed by atoms with E-state index < -0.39 is 29.4 Å². The van der Waals surface area contributed by atoms with Gasteiger partial charge in [-0.15, -0.1) is 0 Å². The number of halogens is 4. The molecule has 3 rings (SSSR count). The van der Waals surface area contributed by atoms with Gasteiger partial charge in [0.15, 0.2) is 18.1 Å². The summed E-state index contributed by atoms with van der Waals surface area (Å²) >= 11 is 0. The average Bonchev–Trinajstić information content (AvgIpc) is 2.78. The first kappa shape index (κ1) is 23.6. The SMILES string of the molecule is COc1cc(C(=O)Nc2cccc(C(F)(F)F)c2)ccc1OCC(=O)Nc1ccc(F)cc1. The second kappa shape index (κ2) is 10.0. The third kappa shape index (κ3) is 6.45. The molecular formula is C23H18F4N2O4. The predicted octanol–water partition coefficient (Wildman–Crippen LogP) is 5.12. The molecule has 0 aromatic heterocycles. The maximum atomic E-state index is 12.9. The number of ether oxygens (including phenoxy) is 2. The molecule has 172 valence electrons. The number of nitrogens with one attached hydrogen (secondary N) is 2. The third-order valence-electron chi connectivity index (χ3n) is 4.36. The van der Waals surface area contributed by atoms with Gasteiger partial charge in [-0.1, -0.05) is 6.07 Å². The van der Waals surface area contributed by atoms with E-state index in [-0.39, 0.29) is 29.4 Å². The minimum Gasteiger partial charge on any atom is -0.493 e. The molecule has 0 spiro atoms. The Bertz CT molecular complexity index is 1150. The molecule has 0 saturated heterocycles. The molecule has 0 aliphatic rings. The van der Waals surface area contributed by atoms with Crippen molar-refractivity contribution < 1.29 is 36.6 Å². The third-order valence-corrected chi connectivity index (χ3v) is 4.36. The number of rotatable bonds is 7. The Morgan fingerprint density at radius 2 is 1.61 bits per heavy atom. The minimum absolute atomic E-state index is 0.0217. The summed E-state index contributed by atoms with van der Waals surface area (Å²) in [5.74, 6) is -1.29. The molecule has 0 aliphatic carbocycles. The van der Waals surface area contributed by atoms with Crippen LogP contribution in [0.25, 0.3) is 0 Å². The second-order valence-corrected chi connectivity index (χ2v) is 6.74. The van der Waals surface area contributed by atoms with E-state index in [4.69, 9.17) is 9.47 Å². The van der Waals surface area contributed by atoms with E-state index in [1.165, 1.54) is 61.7 Å². The van der Waals surface area contributed by atoms with Crippen molar-refractivity contribution in [3.8, 4) is 11.5 Å². The quantitative estimate of drug-likeness (QED) is 0.478. The largest absolute Gasteiger partial charge is 0.493 e. The fourth-order valence-electron chi connectivity index (χ4n) is 2.78. The van der Waals surface area contributed by atoms with Crippen LogP contribution in [0.4, 0.5) is 28.9 Å². The molecule has 0 aliphatic heterocycles. The molecule has 0 radical (unpaired) electrons. The van der Waals surface area contributed by atoms with Crippen LogP contribution in [0.15, 0.2) is 66.7 Å². The number of amides is 2. The van der Waals surface area contributed by atoms with Crippen molar-refractivity contribution in [2.75, 3.05) is 24.4 Å². The van der Waals surface area contributed by atoms with E-state index in [1.807, 2.05) is 0 Å². The smallest absolute Gasteiger partial charge is 0.416 e. The molecule has 33 heavy (non-hydrogen) atoms. The standard InChI is InChI=1S/C23H18F4N2O4/c1-32-20-11-14(22(31)29-18-4-2-3-15(12-18)23(25,26)27)5-10-19(20)33-13-21(30)28-17-8-6-16(24)7-9-17/h2-12H,13H2,1H3,(H,28,30)(H,29,31). The maximum Gasteiger partial charge on any atom is 0.416 e. The highest BCUT2D eigenvalue weighted by Gasteiger charge is 2.30. The van der Waals surface area contributed by atoms with Gasteiger partial charge < -0.3 is 20.1 Å². The molecular weight excluding hydrogens is 444 g/mol. The van der Waals surface area contributed by atoms with Crippen molar-refractivity contribution in [2.24, 2.45) is 0 Å². The topological polar surface area (TPSA) is 76.7 Å². The van der Waals surface area contributed by atoms with Crippen LogP contribution >= 0.6 is 0 Å². The number of anilines is 2. The maximum absolute atomic E-state index is 12.9. The molecule has 3 aromatic rings. The van der Waals surface area contributed by atoms with Crippen LogP contribution < -0.4 is 20.1 Å². The number of alkyl halides is 3. The summed E-state index contributed by atoms with van der Waals surface area (Å²) < 4.78 is 62.1. The zero-order chi connectivity index (χ0) is 24.0. The molecule has 2 N–H and O–H groups in total. The molecule has 2 amide bonds. The van der Waals surface area contributed by atoms with Gasteiger partial charge in [0.1, 0.15) is 5.82 Å². The van der Waals surface area contributed by atoms with Crippen LogP contribution in [0.1, 0.15) is 15.9 Å². The Kier molecular flexibility index (Phi) is 7.17. The number of hydrogen-bond acceptors (Lipinski definition) is 4. The fourth-order valence-corrected chi connectivity index (χ4v) is 2.78. The minimum atomic E-state index is -4.54. The van der Waals surface area contributed by atoms with Crippen LogP contribution in [0.5, 0.6) is 11.5 Å². The van der Waals surface area contributed by atoms with Crippen LogP contribution in [0.2, 0.25) is 0 Å². The summed E-state index contributed by atoms with van der Waals surface area (Å²) in [7, 11) is 1.33. The summed E-state index contributed by atoms with van der Waals surface area (Å²) in [6.45, 7) is -0.385. The van der Waals surface area contributed by atoms with Gasteiger partial charge in [0.05, 0.1) is 12.7 Å². The van der Waals surface area contributed by atoms with Crippen molar-refractivity contribution in [1.29, 1.82) is 0 Å². The van der Waals surface area contributed by atoms with E-state index >= 15 is 0 Å². The molecule has 3 aromatic carbocycles. The van der Waals surface area contributed by atoms with E-state index in [2.05, 4.69) is 10.6 Å². The molecule has 10 heteroatoms. The highest BCUT2D eigenvalue weighted by Crippen LogP contribution is 2.31. The number of benzene rings is 3. The van der Waals surface area contributed by atoms with Crippen molar-refractivity contribution in [3.05, 3.63) is 83.7 Å². The lowest BCUT2D eigenvalue weighted by atomic mass is 10.1.